The van der Waals surface area contributed by atoms with Gasteiger partial charge in [0.25, 0.3) is 5.91 Å². The van der Waals surface area contributed by atoms with Crippen LogP contribution in [0.15, 0.2) is 22.7 Å². The van der Waals surface area contributed by atoms with Crippen molar-refractivity contribution in [1.29, 1.82) is 0 Å². The van der Waals surface area contributed by atoms with Gasteiger partial charge in [-0.2, -0.15) is 0 Å². The van der Waals surface area contributed by atoms with E-state index in [1.165, 1.54) is 0 Å². The second-order valence-corrected chi connectivity index (χ2v) is 4.85. The molecule has 0 spiro atoms. The highest BCUT2D eigenvalue weighted by Gasteiger charge is 2.10. The molecule has 1 aromatic carbocycles. The summed E-state index contributed by atoms with van der Waals surface area (Å²) in [7, 11) is 0. The zero-order valence-corrected chi connectivity index (χ0v) is 12.0. The van der Waals surface area contributed by atoms with E-state index in [4.69, 9.17) is 4.74 Å². The highest BCUT2D eigenvalue weighted by atomic mass is 79.9. The Morgan fingerprint density at radius 2 is 2.24 bits per heavy atom. The molecule has 17 heavy (non-hydrogen) atoms. The highest BCUT2D eigenvalue weighted by molar-refractivity contribution is 9.10. The number of hydrogen-bond donors (Lipinski definition) is 1. The number of benzene rings is 1. The summed E-state index contributed by atoms with van der Waals surface area (Å²) in [5.74, 6) is -0.0622. The topological polar surface area (TPSA) is 38.3 Å². The van der Waals surface area contributed by atoms with Crippen LogP contribution < -0.4 is 5.32 Å². The van der Waals surface area contributed by atoms with Crippen molar-refractivity contribution >= 4 is 21.8 Å². The molecule has 0 saturated heterocycles. The lowest BCUT2D eigenvalue weighted by molar-refractivity contribution is 0.0872. The molecule has 0 saturated carbocycles. The van der Waals surface area contributed by atoms with Crippen LogP contribution in [0, 0.1) is 6.92 Å². The molecular formula is C13H18BrNO2. The van der Waals surface area contributed by atoms with Gasteiger partial charge in [-0.15, -0.1) is 0 Å². The molecule has 0 fully saturated rings. The fourth-order valence-electron chi connectivity index (χ4n) is 1.43. The molecular weight excluding hydrogens is 282 g/mol. The van der Waals surface area contributed by atoms with E-state index < -0.39 is 0 Å². The number of halogens is 1. The van der Waals surface area contributed by atoms with Crippen LogP contribution in [-0.2, 0) is 4.74 Å². The van der Waals surface area contributed by atoms with Gasteiger partial charge in [-0.3, -0.25) is 4.79 Å². The molecule has 0 aliphatic heterocycles. The van der Waals surface area contributed by atoms with Crippen LogP contribution in [0.4, 0.5) is 0 Å². The number of carbonyl (C=O) groups is 1. The predicted octanol–water partition coefficient (Wildman–Crippen LogP) is 2.91. The number of amides is 1. The van der Waals surface area contributed by atoms with Crippen LogP contribution in [0.3, 0.4) is 0 Å². The Kier molecular flexibility index (Phi) is 5.65. The van der Waals surface area contributed by atoms with Gasteiger partial charge >= 0.3 is 0 Å². The second kappa shape index (κ2) is 6.77. The maximum atomic E-state index is 11.9. The lowest BCUT2D eigenvalue weighted by Crippen LogP contribution is -2.35. The van der Waals surface area contributed by atoms with E-state index in [1.54, 1.807) is 6.07 Å². The van der Waals surface area contributed by atoms with Crippen molar-refractivity contribution < 1.29 is 9.53 Å². The van der Waals surface area contributed by atoms with Crippen LogP contribution in [0.25, 0.3) is 0 Å². The average molecular weight is 300 g/mol. The molecule has 1 unspecified atom stereocenters. The maximum absolute atomic E-state index is 11.9. The van der Waals surface area contributed by atoms with Gasteiger partial charge in [0.1, 0.15) is 0 Å². The minimum absolute atomic E-state index is 0.0198. The Bertz CT molecular complexity index is 393. The summed E-state index contributed by atoms with van der Waals surface area (Å²) in [6, 6.07) is 5.58. The Balaban J connectivity index is 2.60. The number of ether oxygens (including phenoxy) is 1. The summed E-state index contributed by atoms with van der Waals surface area (Å²) in [6.45, 7) is 7.03. The van der Waals surface area contributed by atoms with Gasteiger partial charge in [-0.1, -0.05) is 15.9 Å². The molecule has 1 N–H and O–H groups in total. The largest absolute Gasteiger partial charge is 0.380 e. The molecule has 3 nitrogen and oxygen atoms in total. The van der Waals surface area contributed by atoms with Crippen LogP contribution in [0.1, 0.15) is 29.8 Å². The average Bonchev–Trinajstić information content (AvgIpc) is 2.30. The quantitative estimate of drug-likeness (QED) is 0.908. The van der Waals surface area contributed by atoms with Crippen LogP contribution in [-0.4, -0.2) is 25.2 Å². The first-order chi connectivity index (χ1) is 8.04. The van der Waals surface area contributed by atoms with E-state index in [0.717, 1.165) is 10.0 Å². The third kappa shape index (κ3) is 4.48. The van der Waals surface area contributed by atoms with Crippen molar-refractivity contribution in [2.75, 3.05) is 13.2 Å². The normalized spacial score (nSPS) is 12.2. The van der Waals surface area contributed by atoms with E-state index >= 15 is 0 Å². The number of aryl methyl sites for hydroxylation is 1. The van der Waals surface area contributed by atoms with Crippen molar-refractivity contribution in [3.63, 3.8) is 0 Å². The summed E-state index contributed by atoms with van der Waals surface area (Å²) >= 11 is 3.41. The van der Waals surface area contributed by atoms with E-state index in [-0.39, 0.29) is 11.9 Å². The number of carbonyl (C=O) groups excluding carboxylic acids is 1. The van der Waals surface area contributed by atoms with Gasteiger partial charge in [-0.05, 0) is 44.5 Å². The summed E-state index contributed by atoms with van der Waals surface area (Å²) in [4.78, 5) is 11.9. The molecule has 1 rings (SSSR count). The van der Waals surface area contributed by atoms with Crippen molar-refractivity contribution in [1.82, 2.24) is 5.32 Å². The van der Waals surface area contributed by atoms with E-state index in [9.17, 15) is 4.79 Å². The van der Waals surface area contributed by atoms with E-state index in [2.05, 4.69) is 21.2 Å². The molecule has 0 aliphatic carbocycles. The maximum Gasteiger partial charge on any atom is 0.251 e. The summed E-state index contributed by atoms with van der Waals surface area (Å²) < 4.78 is 6.26. The molecule has 0 bridgehead atoms. The van der Waals surface area contributed by atoms with Gasteiger partial charge in [0.2, 0.25) is 0 Å². The van der Waals surface area contributed by atoms with Crippen LogP contribution >= 0.6 is 15.9 Å². The lowest BCUT2D eigenvalue weighted by Gasteiger charge is -2.14. The van der Waals surface area contributed by atoms with Gasteiger partial charge in [0, 0.05) is 22.7 Å². The SMILES string of the molecule is CCOCC(C)NC(=O)c1ccc(Br)c(C)c1. The van der Waals surface area contributed by atoms with Crippen molar-refractivity contribution in [3.8, 4) is 0 Å². The molecule has 1 aromatic rings. The van der Waals surface area contributed by atoms with Crippen molar-refractivity contribution in [2.24, 2.45) is 0 Å². The molecule has 1 amide bonds. The summed E-state index contributed by atoms with van der Waals surface area (Å²) in [6.07, 6.45) is 0. The third-order valence-electron chi connectivity index (χ3n) is 2.37. The summed E-state index contributed by atoms with van der Waals surface area (Å²) in [5, 5.41) is 2.90. The van der Waals surface area contributed by atoms with Gasteiger partial charge in [0.15, 0.2) is 0 Å². The molecule has 0 aliphatic rings. The molecule has 94 valence electrons. The highest BCUT2D eigenvalue weighted by Crippen LogP contribution is 2.17. The van der Waals surface area contributed by atoms with Crippen LogP contribution in [0.5, 0.6) is 0 Å². The Labute approximate surface area is 111 Å². The first kappa shape index (κ1) is 14.2. The molecule has 0 heterocycles. The zero-order chi connectivity index (χ0) is 12.8. The monoisotopic (exact) mass is 299 g/mol. The van der Waals surface area contributed by atoms with Gasteiger partial charge in [0.05, 0.1) is 6.61 Å². The Morgan fingerprint density at radius 3 is 2.82 bits per heavy atom. The first-order valence-corrected chi connectivity index (χ1v) is 6.48. The first-order valence-electron chi connectivity index (χ1n) is 5.69. The van der Waals surface area contributed by atoms with Crippen molar-refractivity contribution in [3.05, 3.63) is 33.8 Å². The summed E-state index contributed by atoms with van der Waals surface area (Å²) in [5.41, 5.74) is 1.73. The minimum Gasteiger partial charge on any atom is -0.380 e. The molecule has 0 aromatic heterocycles. The van der Waals surface area contributed by atoms with Gasteiger partial charge < -0.3 is 10.1 Å². The second-order valence-electron chi connectivity index (χ2n) is 4.00. The zero-order valence-electron chi connectivity index (χ0n) is 10.4. The van der Waals surface area contributed by atoms with E-state index in [1.807, 2.05) is 32.9 Å². The lowest BCUT2D eigenvalue weighted by atomic mass is 10.1. The predicted molar refractivity (Wildman–Crippen MR) is 72.3 cm³/mol. The Hall–Kier alpha value is -0.870. The standard InChI is InChI=1S/C13H18BrNO2/c1-4-17-8-10(3)15-13(16)11-5-6-12(14)9(2)7-11/h5-7,10H,4,8H2,1-3H3,(H,15,16). The number of nitrogens with one attached hydrogen (secondary N) is 1. The van der Waals surface area contributed by atoms with Crippen molar-refractivity contribution in [2.45, 2.75) is 26.8 Å². The molecule has 1 atom stereocenters. The number of hydrogen-bond acceptors (Lipinski definition) is 2. The smallest absolute Gasteiger partial charge is 0.251 e. The Morgan fingerprint density at radius 1 is 1.53 bits per heavy atom. The molecule has 4 heteroatoms. The fraction of sp³-hybridized carbons (Fsp3) is 0.462. The minimum atomic E-state index is -0.0622. The van der Waals surface area contributed by atoms with Crippen LogP contribution in [0.2, 0.25) is 0 Å². The number of rotatable bonds is 5. The third-order valence-corrected chi connectivity index (χ3v) is 3.26. The fourth-order valence-corrected chi connectivity index (χ4v) is 1.68. The van der Waals surface area contributed by atoms with E-state index in [0.29, 0.717) is 18.8 Å². The van der Waals surface area contributed by atoms with Gasteiger partial charge in [-0.25, -0.2) is 0 Å². The molecule has 0 radical (unpaired) electrons.